The zero-order chi connectivity index (χ0) is 13.4. The van der Waals surface area contributed by atoms with Crippen LogP contribution >= 0.6 is 11.6 Å². The third kappa shape index (κ3) is 2.56. The number of aromatic nitrogens is 1. The second kappa shape index (κ2) is 5.26. The Bertz CT molecular complexity index is 528. The van der Waals surface area contributed by atoms with Crippen LogP contribution in [0, 0.1) is 13.8 Å². The summed E-state index contributed by atoms with van der Waals surface area (Å²) in [4.78, 5) is 7.01. The SMILES string of the molecule is Cc1nc(Cl)c2c(c1C)CC(CN1CCCCC1)=C2. The molecule has 0 atom stereocenters. The van der Waals surface area contributed by atoms with Gasteiger partial charge in [0, 0.05) is 17.8 Å². The van der Waals surface area contributed by atoms with Crippen molar-refractivity contribution in [3.8, 4) is 0 Å². The largest absolute Gasteiger partial charge is 0.299 e. The van der Waals surface area contributed by atoms with Gasteiger partial charge in [-0.25, -0.2) is 4.98 Å². The Morgan fingerprint density at radius 1 is 1.21 bits per heavy atom. The molecule has 1 aromatic heterocycles. The standard InChI is InChI=1S/C16H21ClN2/c1-11-12(2)18-16(17)15-9-13(8-14(11)15)10-19-6-4-3-5-7-19/h9H,3-8,10H2,1-2H3. The fourth-order valence-electron chi connectivity index (χ4n) is 3.20. The minimum absolute atomic E-state index is 0.673. The molecule has 3 heteroatoms. The smallest absolute Gasteiger partial charge is 0.136 e. The molecule has 3 rings (SSSR count). The average Bonchev–Trinajstić information content (AvgIpc) is 2.82. The van der Waals surface area contributed by atoms with E-state index in [1.807, 2.05) is 6.92 Å². The lowest BCUT2D eigenvalue weighted by atomic mass is 10.0. The van der Waals surface area contributed by atoms with Gasteiger partial charge in [-0.3, -0.25) is 4.90 Å². The van der Waals surface area contributed by atoms with Gasteiger partial charge in [0.15, 0.2) is 0 Å². The highest BCUT2D eigenvalue weighted by Crippen LogP contribution is 2.33. The highest BCUT2D eigenvalue weighted by molar-refractivity contribution is 6.31. The summed E-state index contributed by atoms with van der Waals surface area (Å²) in [7, 11) is 0. The average molecular weight is 277 g/mol. The zero-order valence-electron chi connectivity index (χ0n) is 11.8. The summed E-state index contributed by atoms with van der Waals surface area (Å²) in [5, 5.41) is 0.673. The van der Waals surface area contributed by atoms with Crippen LogP contribution in [0.5, 0.6) is 0 Å². The Kier molecular flexibility index (Phi) is 3.64. The molecule has 2 aliphatic rings. The second-order valence-electron chi connectivity index (χ2n) is 5.82. The first-order valence-electron chi connectivity index (χ1n) is 7.22. The molecule has 0 amide bonds. The minimum Gasteiger partial charge on any atom is -0.299 e. The highest BCUT2D eigenvalue weighted by Gasteiger charge is 2.21. The van der Waals surface area contributed by atoms with Gasteiger partial charge in [-0.2, -0.15) is 0 Å². The molecule has 1 fully saturated rings. The maximum atomic E-state index is 6.29. The third-order valence-electron chi connectivity index (χ3n) is 4.44. The number of pyridine rings is 1. The monoisotopic (exact) mass is 276 g/mol. The molecule has 2 heterocycles. The van der Waals surface area contributed by atoms with Gasteiger partial charge >= 0.3 is 0 Å². The normalized spacial score (nSPS) is 19.4. The van der Waals surface area contributed by atoms with E-state index in [1.54, 1.807) is 0 Å². The van der Waals surface area contributed by atoms with Crippen LogP contribution in [0.1, 0.15) is 41.6 Å². The van der Waals surface area contributed by atoms with Gasteiger partial charge < -0.3 is 0 Å². The molecular weight excluding hydrogens is 256 g/mol. The number of fused-ring (bicyclic) bond motifs is 1. The molecule has 1 aliphatic heterocycles. The number of likely N-dealkylation sites (tertiary alicyclic amines) is 1. The van der Waals surface area contributed by atoms with E-state index in [9.17, 15) is 0 Å². The van der Waals surface area contributed by atoms with E-state index in [4.69, 9.17) is 11.6 Å². The van der Waals surface area contributed by atoms with Gasteiger partial charge in [0.25, 0.3) is 0 Å². The lowest BCUT2D eigenvalue weighted by Crippen LogP contribution is -2.31. The van der Waals surface area contributed by atoms with Gasteiger partial charge in [-0.1, -0.05) is 29.7 Å². The van der Waals surface area contributed by atoms with Crippen LogP contribution in [0.2, 0.25) is 5.15 Å². The topological polar surface area (TPSA) is 16.1 Å². The number of hydrogen-bond donors (Lipinski definition) is 0. The van der Waals surface area contributed by atoms with Crippen molar-refractivity contribution in [2.75, 3.05) is 19.6 Å². The Labute approximate surface area is 120 Å². The lowest BCUT2D eigenvalue weighted by molar-refractivity contribution is 0.246. The van der Waals surface area contributed by atoms with Gasteiger partial charge in [-0.05, 0) is 57.3 Å². The fraction of sp³-hybridized carbons (Fsp3) is 0.562. The molecular formula is C16H21ClN2. The fourth-order valence-corrected chi connectivity index (χ4v) is 3.49. The molecule has 1 aromatic rings. The first kappa shape index (κ1) is 13.1. The van der Waals surface area contributed by atoms with E-state index in [0.29, 0.717) is 5.15 Å². The molecule has 1 saturated heterocycles. The van der Waals surface area contributed by atoms with Crippen molar-refractivity contribution in [1.82, 2.24) is 9.88 Å². The molecule has 1 aliphatic carbocycles. The molecule has 0 unspecified atom stereocenters. The number of nitrogens with zero attached hydrogens (tertiary/aromatic N) is 2. The van der Waals surface area contributed by atoms with Crippen molar-refractivity contribution < 1.29 is 0 Å². The van der Waals surface area contributed by atoms with Gasteiger partial charge in [-0.15, -0.1) is 0 Å². The van der Waals surface area contributed by atoms with Gasteiger partial charge in [0.05, 0.1) is 0 Å². The number of rotatable bonds is 2. The first-order valence-corrected chi connectivity index (χ1v) is 7.60. The van der Waals surface area contributed by atoms with Crippen LogP contribution < -0.4 is 0 Å². The predicted octanol–water partition coefficient (Wildman–Crippen LogP) is 3.78. The van der Waals surface area contributed by atoms with E-state index in [1.165, 1.54) is 49.1 Å². The van der Waals surface area contributed by atoms with Crippen molar-refractivity contribution in [2.45, 2.75) is 39.5 Å². The number of halogens is 1. The van der Waals surface area contributed by atoms with E-state index in [-0.39, 0.29) is 0 Å². The van der Waals surface area contributed by atoms with Crippen molar-refractivity contribution in [3.63, 3.8) is 0 Å². The van der Waals surface area contributed by atoms with Crippen LogP contribution in [0.4, 0.5) is 0 Å². The minimum atomic E-state index is 0.673. The Morgan fingerprint density at radius 3 is 2.68 bits per heavy atom. The summed E-state index contributed by atoms with van der Waals surface area (Å²) in [5.74, 6) is 0. The second-order valence-corrected chi connectivity index (χ2v) is 6.18. The van der Waals surface area contributed by atoms with Crippen LogP contribution in [0.15, 0.2) is 5.57 Å². The molecule has 2 nitrogen and oxygen atoms in total. The zero-order valence-corrected chi connectivity index (χ0v) is 12.6. The first-order chi connectivity index (χ1) is 9.15. The summed E-state index contributed by atoms with van der Waals surface area (Å²) in [6.45, 7) is 7.80. The Hall–Kier alpha value is -0.860. The Morgan fingerprint density at radius 2 is 1.95 bits per heavy atom. The molecule has 0 bridgehead atoms. The van der Waals surface area contributed by atoms with Crippen LogP contribution in [0.3, 0.4) is 0 Å². The molecule has 19 heavy (non-hydrogen) atoms. The van der Waals surface area contributed by atoms with E-state index in [2.05, 4.69) is 22.9 Å². The lowest BCUT2D eigenvalue weighted by Gasteiger charge is -2.26. The van der Waals surface area contributed by atoms with E-state index < -0.39 is 0 Å². The number of piperidine rings is 1. The third-order valence-corrected chi connectivity index (χ3v) is 4.72. The van der Waals surface area contributed by atoms with Crippen molar-refractivity contribution in [3.05, 3.63) is 33.1 Å². The number of hydrogen-bond acceptors (Lipinski definition) is 2. The molecule has 0 N–H and O–H groups in total. The van der Waals surface area contributed by atoms with Crippen LogP contribution in [0.25, 0.3) is 6.08 Å². The highest BCUT2D eigenvalue weighted by atomic mass is 35.5. The Balaban J connectivity index is 1.79. The van der Waals surface area contributed by atoms with E-state index in [0.717, 1.165) is 24.2 Å². The molecule has 102 valence electrons. The predicted molar refractivity (Wildman–Crippen MR) is 80.7 cm³/mol. The van der Waals surface area contributed by atoms with Gasteiger partial charge in [0.1, 0.15) is 5.15 Å². The molecule has 0 saturated carbocycles. The van der Waals surface area contributed by atoms with E-state index >= 15 is 0 Å². The van der Waals surface area contributed by atoms with Crippen LogP contribution in [-0.2, 0) is 6.42 Å². The van der Waals surface area contributed by atoms with Crippen molar-refractivity contribution in [1.29, 1.82) is 0 Å². The summed E-state index contributed by atoms with van der Waals surface area (Å²) >= 11 is 6.29. The maximum absolute atomic E-state index is 6.29. The number of aryl methyl sites for hydroxylation is 1. The van der Waals surface area contributed by atoms with Crippen LogP contribution in [-0.4, -0.2) is 29.5 Å². The van der Waals surface area contributed by atoms with Gasteiger partial charge in [0.2, 0.25) is 0 Å². The molecule has 0 spiro atoms. The molecule has 0 aromatic carbocycles. The summed E-state index contributed by atoms with van der Waals surface area (Å²) in [5.41, 5.74) is 6.43. The van der Waals surface area contributed by atoms with Crippen molar-refractivity contribution >= 4 is 17.7 Å². The maximum Gasteiger partial charge on any atom is 0.136 e. The summed E-state index contributed by atoms with van der Waals surface area (Å²) in [6, 6.07) is 0. The summed E-state index contributed by atoms with van der Waals surface area (Å²) in [6.07, 6.45) is 7.41. The quantitative estimate of drug-likeness (QED) is 0.765. The summed E-state index contributed by atoms with van der Waals surface area (Å²) < 4.78 is 0. The molecule has 0 radical (unpaired) electrons. The van der Waals surface area contributed by atoms with Crippen molar-refractivity contribution in [2.24, 2.45) is 0 Å².